The molecule has 0 aliphatic heterocycles. The summed E-state index contributed by atoms with van der Waals surface area (Å²) in [6.07, 6.45) is 0. The third kappa shape index (κ3) is 2.40. The summed E-state index contributed by atoms with van der Waals surface area (Å²) in [6, 6.07) is 13.4. The van der Waals surface area contributed by atoms with Crippen LogP contribution in [-0.4, -0.2) is 24.3 Å². The molecule has 0 bridgehead atoms. The lowest BCUT2D eigenvalue weighted by Crippen LogP contribution is -2.31. The van der Waals surface area contributed by atoms with E-state index in [0.29, 0.717) is 11.2 Å². The van der Waals surface area contributed by atoms with Crippen LogP contribution in [0.2, 0.25) is 0 Å². The summed E-state index contributed by atoms with van der Waals surface area (Å²) in [5.41, 5.74) is 3.64. The number of aryl methyl sites for hydroxylation is 1. The summed E-state index contributed by atoms with van der Waals surface area (Å²) in [5.74, 6) is 0.478. The Labute approximate surface area is 107 Å². The summed E-state index contributed by atoms with van der Waals surface area (Å²) in [7, 11) is -0.00563. The number of ether oxygens (including phenoxy) is 1. The first-order valence-corrected chi connectivity index (χ1v) is 5.73. The van der Waals surface area contributed by atoms with Crippen molar-refractivity contribution >= 4 is 12.6 Å². The molecule has 0 spiro atoms. The van der Waals surface area contributed by atoms with Crippen molar-refractivity contribution in [1.82, 2.24) is 0 Å². The van der Waals surface area contributed by atoms with Gasteiger partial charge in [-0.2, -0.15) is 0 Å². The lowest BCUT2D eigenvalue weighted by molar-refractivity contribution is 0.403. The molecule has 2 N–H and O–H groups in total. The van der Waals surface area contributed by atoms with Crippen molar-refractivity contribution in [3.05, 3.63) is 48.0 Å². The van der Waals surface area contributed by atoms with Crippen LogP contribution in [0.25, 0.3) is 11.1 Å². The third-order valence-electron chi connectivity index (χ3n) is 2.97. The fraction of sp³-hybridized carbons (Fsp3) is 0.143. The molecule has 2 aromatic rings. The van der Waals surface area contributed by atoms with Crippen LogP contribution in [0, 0.1) is 6.92 Å². The first-order valence-electron chi connectivity index (χ1n) is 5.73. The van der Waals surface area contributed by atoms with Gasteiger partial charge in [-0.3, -0.25) is 0 Å². The molecule has 4 heteroatoms. The zero-order chi connectivity index (χ0) is 13.1. The highest BCUT2D eigenvalue weighted by Gasteiger charge is 2.17. The minimum atomic E-state index is -1.52. The van der Waals surface area contributed by atoms with Crippen molar-refractivity contribution in [1.29, 1.82) is 0 Å². The molecule has 2 rings (SSSR count). The summed E-state index contributed by atoms with van der Waals surface area (Å²) in [5, 5.41) is 18.5. The molecule has 0 radical (unpaired) electrons. The predicted molar refractivity (Wildman–Crippen MR) is 73.0 cm³/mol. The van der Waals surface area contributed by atoms with Crippen LogP contribution >= 0.6 is 0 Å². The first-order chi connectivity index (χ1) is 8.63. The molecular formula is C14H15BO3. The highest BCUT2D eigenvalue weighted by molar-refractivity contribution is 6.59. The van der Waals surface area contributed by atoms with Crippen molar-refractivity contribution in [3.63, 3.8) is 0 Å². The molecule has 0 aliphatic carbocycles. The number of hydrogen-bond donors (Lipinski definition) is 2. The van der Waals surface area contributed by atoms with E-state index in [1.165, 1.54) is 7.11 Å². The molecule has 0 aliphatic rings. The van der Waals surface area contributed by atoms with Gasteiger partial charge in [0.25, 0.3) is 0 Å². The molecule has 0 unspecified atom stereocenters. The van der Waals surface area contributed by atoms with E-state index in [0.717, 1.165) is 16.7 Å². The summed E-state index contributed by atoms with van der Waals surface area (Å²) in [4.78, 5) is 0. The average Bonchev–Trinajstić information content (AvgIpc) is 2.38. The fourth-order valence-corrected chi connectivity index (χ4v) is 1.99. The van der Waals surface area contributed by atoms with Gasteiger partial charge in [0.2, 0.25) is 0 Å². The molecule has 92 valence electrons. The largest absolute Gasteiger partial charge is 0.497 e. The maximum absolute atomic E-state index is 9.23. The lowest BCUT2D eigenvalue weighted by atomic mass is 9.78. The summed E-state index contributed by atoms with van der Waals surface area (Å²) < 4.78 is 5.19. The Kier molecular flexibility index (Phi) is 3.70. The number of benzene rings is 2. The molecule has 0 fully saturated rings. The normalized spacial score (nSPS) is 10.2. The van der Waals surface area contributed by atoms with Crippen molar-refractivity contribution in [2.45, 2.75) is 6.92 Å². The van der Waals surface area contributed by atoms with E-state index in [1.54, 1.807) is 6.07 Å². The third-order valence-corrected chi connectivity index (χ3v) is 2.97. The van der Waals surface area contributed by atoms with E-state index in [9.17, 15) is 10.0 Å². The minimum absolute atomic E-state index is 0.370. The standard InChI is InChI=1S/C14H15BO3/c1-10-5-3-4-6-12(10)11-7-8-13(15(16)17)14(9-11)18-2/h3-9,16-17H,1-2H3. The second-order valence-electron chi connectivity index (χ2n) is 4.15. The van der Waals surface area contributed by atoms with Gasteiger partial charge in [-0.1, -0.05) is 36.4 Å². The van der Waals surface area contributed by atoms with Gasteiger partial charge in [0.15, 0.2) is 0 Å². The zero-order valence-electron chi connectivity index (χ0n) is 10.4. The van der Waals surface area contributed by atoms with Gasteiger partial charge in [-0.15, -0.1) is 0 Å². The van der Waals surface area contributed by atoms with Gasteiger partial charge in [0.05, 0.1) is 7.11 Å². The van der Waals surface area contributed by atoms with E-state index < -0.39 is 7.12 Å². The van der Waals surface area contributed by atoms with Crippen molar-refractivity contribution in [2.75, 3.05) is 7.11 Å². The molecule has 0 atom stereocenters. The molecule has 3 nitrogen and oxygen atoms in total. The van der Waals surface area contributed by atoms with Crippen LogP contribution in [0.4, 0.5) is 0 Å². The van der Waals surface area contributed by atoms with E-state index in [1.807, 2.05) is 43.3 Å². The molecule has 18 heavy (non-hydrogen) atoms. The van der Waals surface area contributed by atoms with Crippen LogP contribution in [-0.2, 0) is 0 Å². The molecular weight excluding hydrogens is 227 g/mol. The minimum Gasteiger partial charge on any atom is -0.497 e. The highest BCUT2D eigenvalue weighted by atomic mass is 16.5. The lowest BCUT2D eigenvalue weighted by Gasteiger charge is -2.11. The van der Waals surface area contributed by atoms with Gasteiger partial charge < -0.3 is 14.8 Å². The smallest absolute Gasteiger partial charge is 0.492 e. The highest BCUT2D eigenvalue weighted by Crippen LogP contribution is 2.25. The Balaban J connectivity index is 2.51. The first kappa shape index (κ1) is 12.7. The zero-order valence-corrected chi connectivity index (χ0v) is 10.4. The monoisotopic (exact) mass is 242 g/mol. The van der Waals surface area contributed by atoms with Crippen LogP contribution < -0.4 is 10.2 Å². The SMILES string of the molecule is COc1cc(-c2ccccc2C)ccc1B(O)O. The topological polar surface area (TPSA) is 49.7 Å². The number of rotatable bonds is 3. The Hall–Kier alpha value is -1.78. The van der Waals surface area contributed by atoms with Crippen LogP contribution in [0.5, 0.6) is 5.75 Å². The summed E-state index contributed by atoms with van der Waals surface area (Å²) in [6.45, 7) is 2.04. The maximum atomic E-state index is 9.23. The van der Waals surface area contributed by atoms with Gasteiger partial charge in [0.1, 0.15) is 5.75 Å². The maximum Gasteiger partial charge on any atom is 0.492 e. The van der Waals surface area contributed by atoms with Crippen LogP contribution in [0.1, 0.15) is 5.56 Å². The number of hydrogen-bond acceptors (Lipinski definition) is 3. The van der Waals surface area contributed by atoms with Gasteiger partial charge >= 0.3 is 7.12 Å². The molecule has 0 heterocycles. The van der Waals surface area contributed by atoms with E-state index >= 15 is 0 Å². The van der Waals surface area contributed by atoms with E-state index in [-0.39, 0.29) is 0 Å². The molecule has 0 aromatic heterocycles. The van der Waals surface area contributed by atoms with Crippen molar-refractivity contribution < 1.29 is 14.8 Å². The Bertz CT molecular complexity index is 552. The molecule has 0 saturated carbocycles. The van der Waals surface area contributed by atoms with Gasteiger partial charge in [0, 0.05) is 5.46 Å². The van der Waals surface area contributed by atoms with Crippen LogP contribution in [0.15, 0.2) is 42.5 Å². The quantitative estimate of drug-likeness (QED) is 0.799. The number of methoxy groups -OCH3 is 1. The molecule has 0 saturated heterocycles. The second-order valence-corrected chi connectivity index (χ2v) is 4.15. The fourth-order valence-electron chi connectivity index (χ4n) is 1.99. The average molecular weight is 242 g/mol. The second kappa shape index (κ2) is 5.25. The Morgan fingerprint density at radius 2 is 1.78 bits per heavy atom. The summed E-state index contributed by atoms with van der Waals surface area (Å²) >= 11 is 0. The van der Waals surface area contributed by atoms with E-state index in [2.05, 4.69) is 0 Å². The van der Waals surface area contributed by atoms with E-state index in [4.69, 9.17) is 4.74 Å². The Morgan fingerprint density at radius 3 is 2.39 bits per heavy atom. The molecule has 0 amide bonds. The van der Waals surface area contributed by atoms with Crippen LogP contribution in [0.3, 0.4) is 0 Å². The van der Waals surface area contributed by atoms with Gasteiger partial charge in [-0.25, -0.2) is 0 Å². The Morgan fingerprint density at radius 1 is 1.06 bits per heavy atom. The van der Waals surface area contributed by atoms with Gasteiger partial charge in [-0.05, 0) is 29.7 Å². The predicted octanol–water partition coefficient (Wildman–Crippen LogP) is 1.35. The van der Waals surface area contributed by atoms with Crippen molar-refractivity contribution in [3.8, 4) is 16.9 Å². The molecule has 2 aromatic carbocycles. The van der Waals surface area contributed by atoms with Crippen molar-refractivity contribution in [2.24, 2.45) is 0 Å².